The monoisotopic (exact) mass is 403 g/mol. The molecule has 1 amide bonds. The Labute approximate surface area is 169 Å². The summed E-state index contributed by atoms with van der Waals surface area (Å²) in [6.45, 7) is 2.67. The molecule has 3 rings (SSSR count). The van der Waals surface area contributed by atoms with Gasteiger partial charge in [0.1, 0.15) is 11.5 Å². The van der Waals surface area contributed by atoms with E-state index in [9.17, 15) is 4.79 Å². The van der Waals surface area contributed by atoms with Crippen LogP contribution in [0.1, 0.15) is 32.6 Å². The van der Waals surface area contributed by atoms with Crippen molar-refractivity contribution in [2.75, 3.05) is 26.5 Å². The van der Waals surface area contributed by atoms with Crippen molar-refractivity contribution in [3.05, 3.63) is 30.0 Å². The van der Waals surface area contributed by atoms with Gasteiger partial charge in [-0.15, -0.1) is 10.2 Å². The molecule has 2 aromatic rings. The summed E-state index contributed by atoms with van der Waals surface area (Å²) in [7, 11) is 3.17. The van der Waals surface area contributed by atoms with Crippen LogP contribution in [0.25, 0.3) is 11.5 Å². The van der Waals surface area contributed by atoms with Crippen LogP contribution in [-0.2, 0) is 4.79 Å². The zero-order valence-electron chi connectivity index (χ0n) is 16.4. The van der Waals surface area contributed by atoms with Gasteiger partial charge >= 0.3 is 0 Å². The Morgan fingerprint density at radius 2 is 1.93 bits per heavy atom. The van der Waals surface area contributed by atoms with E-state index in [-0.39, 0.29) is 11.7 Å². The average molecular weight is 404 g/mol. The van der Waals surface area contributed by atoms with Crippen LogP contribution in [0.4, 0.5) is 0 Å². The molecule has 0 spiro atoms. The van der Waals surface area contributed by atoms with Crippen LogP contribution in [-0.4, -0.2) is 47.5 Å². The molecular weight excluding hydrogens is 378 g/mol. The van der Waals surface area contributed by atoms with Gasteiger partial charge in [0, 0.05) is 23.9 Å². The lowest BCUT2D eigenvalue weighted by atomic mass is 10.0. The highest BCUT2D eigenvalue weighted by molar-refractivity contribution is 7.99. The number of hydrogen-bond acceptors (Lipinski definition) is 7. The average Bonchev–Trinajstić information content (AvgIpc) is 3.22. The molecular formula is C20H25N3O4S. The fourth-order valence-corrected chi connectivity index (χ4v) is 3.76. The molecule has 7 nitrogen and oxygen atoms in total. The second kappa shape index (κ2) is 9.64. The van der Waals surface area contributed by atoms with Gasteiger partial charge in [0.2, 0.25) is 11.8 Å². The van der Waals surface area contributed by atoms with Crippen molar-refractivity contribution in [2.24, 2.45) is 0 Å². The number of rotatable bonds is 8. The fraction of sp³-hybridized carbons (Fsp3) is 0.450. The van der Waals surface area contributed by atoms with Gasteiger partial charge < -0.3 is 18.8 Å². The Kier molecular flexibility index (Phi) is 6.97. The van der Waals surface area contributed by atoms with E-state index in [0.29, 0.717) is 34.7 Å². The standard InChI is InChI=1S/C20H25N3O4S/c1-4-23(15-8-6-5-7-9-15)18(24)13-28-20-22-21-19(27-20)14-10-16(25-2)12-17(11-14)26-3/h8,10-12H,4-7,9,13H2,1-3H3. The zero-order valence-corrected chi connectivity index (χ0v) is 17.3. The van der Waals surface area contributed by atoms with Gasteiger partial charge in [0.15, 0.2) is 0 Å². The van der Waals surface area contributed by atoms with Crippen LogP contribution >= 0.6 is 11.8 Å². The predicted molar refractivity (Wildman–Crippen MR) is 108 cm³/mol. The zero-order chi connectivity index (χ0) is 19.9. The number of carbonyl (C=O) groups excluding carboxylic acids is 1. The van der Waals surface area contributed by atoms with E-state index in [1.807, 2.05) is 11.8 Å². The number of carbonyl (C=O) groups is 1. The van der Waals surface area contributed by atoms with E-state index in [1.54, 1.807) is 32.4 Å². The Hall–Kier alpha value is -2.48. The van der Waals surface area contributed by atoms with E-state index < -0.39 is 0 Å². The third kappa shape index (κ3) is 4.86. The van der Waals surface area contributed by atoms with Crippen LogP contribution in [0, 0.1) is 0 Å². The summed E-state index contributed by atoms with van der Waals surface area (Å²) < 4.78 is 16.3. The minimum absolute atomic E-state index is 0.0587. The molecule has 1 aliphatic rings. The number of thioether (sulfide) groups is 1. The number of nitrogens with zero attached hydrogens (tertiary/aromatic N) is 3. The smallest absolute Gasteiger partial charge is 0.277 e. The number of amides is 1. The fourth-order valence-electron chi connectivity index (χ4n) is 3.12. The van der Waals surface area contributed by atoms with Crippen LogP contribution in [0.5, 0.6) is 11.5 Å². The van der Waals surface area contributed by atoms with Gasteiger partial charge in [-0.2, -0.15) is 0 Å². The number of aromatic nitrogens is 2. The summed E-state index contributed by atoms with van der Waals surface area (Å²) in [6.07, 6.45) is 6.52. The molecule has 0 saturated carbocycles. The first kappa shape index (κ1) is 20.3. The van der Waals surface area contributed by atoms with Crippen LogP contribution < -0.4 is 9.47 Å². The topological polar surface area (TPSA) is 77.7 Å². The van der Waals surface area contributed by atoms with E-state index in [1.165, 1.54) is 18.2 Å². The van der Waals surface area contributed by atoms with E-state index in [0.717, 1.165) is 25.0 Å². The van der Waals surface area contributed by atoms with Gasteiger partial charge in [-0.1, -0.05) is 17.8 Å². The predicted octanol–water partition coefficient (Wildman–Crippen LogP) is 4.15. The van der Waals surface area contributed by atoms with Crippen molar-refractivity contribution in [1.29, 1.82) is 0 Å². The highest BCUT2D eigenvalue weighted by Gasteiger charge is 2.19. The van der Waals surface area contributed by atoms with Crippen molar-refractivity contribution in [3.8, 4) is 23.0 Å². The third-order valence-corrected chi connectivity index (χ3v) is 5.36. The van der Waals surface area contributed by atoms with Gasteiger partial charge in [-0.05, 0) is 44.7 Å². The Morgan fingerprint density at radius 1 is 1.18 bits per heavy atom. The van der Waals surface area contributed by atoms with Gasteiger partial charge in [0.05, 0.1) is 20.0 Å². The maximum absolute atomic E-state index is 12.6. The summed E-state index contributed by atoms with van der Waals surface area (Å²) >= 11 is 1.25. The molecule has 0 fully saturated rings. The molecule has 1 aliphatic carbocycles. The molecule has 0 saturated heterocycles. The van der Waals surface area contributed by atoms with Crippen molar-refractivity contribution in [2.45, 2.75) is 37.8 Å². The van der Waals surface area contributed by atoms with E-state index >= 15 is 0 Å². The quantitative estimate of drug-likeness (QED) is 0.613. The number of ether oxygens (including phenoxy) is 2. The summed E-state index contributed by atoms with van der Waals surface area (Å²) in [6, 6.07) is 5.36. The van der Waals surface area contributed by atoms with Crippen LogP contribution in [0.2, 0.25) is 0 Å². The second-order valence-corrected chi connectivity index (χ2v) is 7.27. The van der Waals surface area contributed by atoms with Gasteiger partial charge in [-0.25, -0.2) is 0 Å². The van der Waals surface area contributed by atoms with Crippen LogP contribution in [0.15, 0.2) is 39.6 Å². The first-order valence-corrected chi connectivity index (χ1v) is 10.3. The molecule has 1 aromatic heterocycles. The number of hydrogen-bond donors (Lipinski definition) is 0. The highest BCUT2D eigenvalue weighted by Crippen LogP contribution is 2.30. The normalized spacial score (nSPS) is 13.8. The molecule has 8 heteroatoms. The minimum Gasteiger partial charge on any atom is -0.497 e. The Morgan fingerprint density at radius 3 is 2.54 bits per heavy atom. The van der Waals surface area contributed by atoms with Crippen molar-refractivity contribution < 1.29 is 18.7 Å². The third-order valence-electron chi connectivity index (χ3n) is 4.55. The molecule has 0 bridgehead atoms. The Bertz CT molecular complexity index is 827. The minimum atomic E-state index is 0.0587. The first-order chi connectivity index (χ1) is 13.6. The Balaban J connectivity index is 1.66. The maximum Gasteiger partial charge on any atom is 0.277 e. The number of allylic oxidation sites excluding steroid dienone is 2. The maximum atomic E-state index is 12.6. The van der Waals surface area contributed by atoms with E-state index in [2.05, 4.69) is 16.3 Å². The lowest BCUT2D eigenvalue weighted by Gasteiger charge is -2.26. The molecule has 28 heavy (non-hydrogen) atoms. The second-order valence-electron chi connectivity index (χ2n) is 6.34. The van der Waals surface area contributed by atoms with Crippen molar-refractivity contribution in [1.82, 2.24) is 15.1 Å². The summed E-state index contributed by atoms with van der Waals surface area (Å²) in [5.41, 5.74) is 1.83. The molecule has 1 aromatic carbocycles. The molecule has 1 heterocycles. The van der Waals surface area contributed by atoms with E-state index in [4.69, 9.17) is 13.9 Å². The lowest BCUT2D eigenvalue weighted by molar-refractivity contribution is -0.126. The molecule has 0 unspecified atom stereocenters. The largest absolute Gasteiger partial charge is 0.497 e. The van der Waals surface area contributed by atoms with Crippen LogP contribution in [0.3, 0.4) is 0 Å². The molecule has 0 N–H and O–H groups in total. The van der Waals surface area contributed by atoms with Crippen molar-refractivity contribution >= 4 is 17.7 Å². The highest BCUT2D eigenvalue weighted by atomic mass is 32.2. The summed E-state index contributed by atoms with van der Waals surface area (Å²) in [5, 5.41) is 8.50. The molecule has 0 radical (unpaired) electrons. The summed E-state index contributed by atoms with van der Waals surface area (Å²) in [4.78, 5) is 14.5. The molecule has 0 atom stereocenters. The van der Waals surface area contributed by atoms with Gasteiger partial charge in [0.25, 0.3) is 5.22 Å². The lowest BCUT2D eigenvalue weighted by Crippen LogP contribution is -2.32. The number of methoxy groups -OCH3 is 2. The molecule has 150 valence electrons. The summed E-state index contributed by atoms with van der Waals surface area (Å²) in [5.74, 6) is 1.94. The van der Waals surface area contributed by atoms with Crippen molar-refractivity contribution in [3.63, 3.8) is 0 Å². The first-order valence-electron chi connectivity index (χ1n) is 9.33. The molecule has 0 aliphatic heterocycles. The number of benzene rings is 1. The van der Waals surface area contributed by atoms with Gasteiger partial charge in [-0.3, -0.25) is 4.79 Å². The SMILES string of the molecule is CCN(C(=O)CSc1nnc(-c2cc(OC)cc(OC)c2)o1)C1=CCCCC1.